The molecule has 2 N–H and O–H groups in total. The highest BCUT2D eigenvalue weighted by molar-refractivity contribution is 6.74. The Labute approximate surface area is 154 Å². The first-order chi connectivity index (χ1) is 12.0. The lowest BCUT2D eigenvalue weighted by molar-refractivity contribution is -0.142. The van der Waals surface area contributed by atoms with Crippen LogP contribution in [0.3, 0.4) is 0 Å². The minimum atomic E-state index is -2.42. The van der Waals surface area contributed by atoms with Gasteiger partial charge in [-0.3, -0.25) is 0 Å². The molecule has 6 nitrogen and oxygen atoms in total. The fourth-order valence-electron chi connectivity index (χ4n) is 1.95. The van der Waals surface area contributed by atoms with Crippen LogP contribution in [-0.2, 0) is 20.6 Å². The minimum Gasteiger partial charge on any atom is -0.480 e. The first kappa shape index (κ1) is 22.1. The van der Waals surface area contributed by atoms with Gasteiger partial charge >= 0.3 is 12.1 Å². The molecule has 1 aromatic carbocycles. The van der Waals surface area contributed by atoms with Gasteiger partial charge in [0.15, 0.2) is 14.4 Å². The molecule has 1 amide bonds. The predicted molar refractivity (Wildman–Crippen MR) is 99.2 cm³/mol. The van der Waals surface area contributed by atoms with E-state index in [1.807, 2.05) is 39.9 Å². The molecular weight excluding hydrogens is 357 g/mol. The third kappa shape index (κ3) is 6.42. The van der Waals surface area contributed by atoms with Gasteiger partial charge in [0.25, 0.3) is 0 Å². The Morgan fingerprint density at radius 1 is 1.23 bits per heavy atom. The molecule has 0 aliphatic heterocycles. The Kier molecular flexibility index (Phi) is 7.77. The van der Waals surface area contributed by atoms with Crippen molar-refractivity contribution in [1.29, 1.82) is 0 Å². The van der Waals surface area contributed by atoms with E-state index >= 15 is 0 Å². The Morgan fingerprint density at radius 3 is 2.27 bits per heavy atom. The van der Waals surface area contributed by atoms with Crippen LogP contribution in [0.2, 0.25) is 18.1 Å². The van der Waals surface area contributed by atoms with Crippen molar-refractivity contribution in [2.24, 2.45) is 0 Å². The summed E-state index contributed by atoms with van der Waals surface area (Å²) in [6.45, 7) is 8.64. The van der Waals surface area contributed by atoms with Gasteiger partial charge in [-0.2, -0.15) is 0 Å². The second-order valence-corrected chi connectivity index (χ2v) is 12.3. The summed E-state index contributed by atoms with van der Waals surface area (Å²) >= 11 is 0. The van der Waals surface area contributed by atoms with Crippen LogP contribution in [0.15, 0.2) is 30.3 Å². The van der Waals surface area contributed by atoms with Crippen molar-refractivity contribution in [3.8, 4) is 0 Å². The van der Waals surface area contributed by atoms with Crippen LogP contribution in [0, 0.1) is 0 Å². The van der Waals surface area contributed by atoms with Crippen LogP contribution in [0.1, 0.15) is 26.3 Å². The normalized spacial score (nSPS) is 14.4. The standard InChI is InChI=1S/C18H28FNO5Si/c1-18(2,3)26(4,5)25-14(11-19)15(16(21)22)20-17(23)24-12-13-9-7-6-8-10-13/h6-10,14-15H,11-12H2,1-5H3,(H,20,23)(H,21,22)/t14-,15+/m1/s1. The molecule has 0 aliphatic carbocycles. The summed E-state index contributed by atoms with van der Waals surface area (Å²) in [6, 6.07) is 7.43. The summed E-state index contributed by atoms with van der Waals surface area (Å²) in [6.07, 6.45) is -2.21. The summed E-state index contributed by atoms with van der Waals surface area (Å²) in [5, 5.41) is 11.4. The van der Waals surface area contributed by atoms with Crippen molar-refractivity contribution in [3.05, 3.63) is 35.9 Å². The van der Waals surface area contributed by atoms with Gasteiger partial charge in [0.1, 0.15) is 19.4 Å². The molecule has 0 bridgehead atoms. The molecule has 0 heterocycles. The zero-order chi connectivity index (χ0) is 20.0. The molecule has 0 radical (unpaired) electrons. The molecule has 0 saturated heterocycles. The number of carboxylic acids is 1. The topological polar surface area (TPSA) is 84.9 Å². The maximum atomic E-state index is 13.5. The maximum Gasteiger partial charge on any atom is 0.408 e. The van der Waals surface area contributed by atoms with Crippen molar-refractivity contribution in [1.82, 2.24) is 5.32 Å². The van der Waals surface area contributed by atoms with Gasteiger partial charge in [0.2, 0.25) is 0 Å². The number of hydrogen-bond acceptors (Lipinski definition) is 4. The fraction of sp³-hybridized carbons (Fsp3) is 0.556. The predicted octanol–water partition coefficient (Wildman–Crippen LogP) is 3.73. The van der Waals surface area contributed by atoms with E-state index in [9.17, 15) is 19.1 Å². The van der Waals surface area contributed by atoms with Gasteiger partial charge in [-0.25, -0.2) is 14.0 Å². The van der Waals surface area contributed by atoms with Crippen molar-refractivity contribution in [2.75, 3.05) is 6.67 Å². The molecule has 146 valence electrons. The molecule has 1 rings (SSSR count). The van der Waals surface area contributed by atoms with E-state index in [0.717, 1.165) is 5.56 Å². The molecule has 2 atom stereocenters. The number of benzene rings is 1. The highest BCUT2D eigenvalue weighted by atomic mass is 28.4. The van der Waals surface area contributed by atoms with Gasteiger partial charge in [-0.1, -0.05) is 51.1 Å². The minimum absolute atomic E-state index is 0.0115. The number of hydrogen-bond donors (Lipinski definition) is 2. The van der Waals surface area contributed by atoms with Crippen LogP contribution in [0.25, 0.3) is 0 Å². The third-order valence-electron chi connectivity index (χ3n) is 4.53. The number of halogens is 1. The van der Waals surface area contributed by atoms with E-state index in [-0.39, 0.29) is 11.6 Å². The van der Waals surface area contributed by atoms with Gasteiger partial charge in [0.05, 0.1) is 0 Å². The lowest BCUT2D eigenvalue weighted by atomic mass is 10.2. The Hall–Kier alpha value is -1.93. The zero-order valence-corrected chi connectivity index (χ0v) is 16.9. The average Bonchev–Trinajstić information content (AvgIpc) is 2.55. The summed E-state index contributed by atoms with van der Waals surface area (Å²) in [7, 11) is -2.42. The van der Waals surface area contributed by atoms with Crippen LogP contribution < -0.4 is 5.32 Å². The molecule has 0 spiro atoms. The summed E-state index contributed by atoms with van der Waals surface area (Å²) in [4.78, 5) is 23.5. The number of carboxylic acid groups (broad SMARTS) is 1. The molecule has 0 aliphatic rings. The monoisotopic (exact) mass is 385 g/mol. The second kappa shape index (κ2) is 9.13. The molecule has 0 unspecified atom stereocenters. The molecule has 0 saturated carbocycles. The fourth-order valence-corrected chi connectivity index (χ4v) is 3.26. The molecule has 0 fully saturated rings. The number of aliphatic carboxylic acids is 1. The zero-order valence-electron chi connectivity index (χ0n) is 15.9. The van der Waals surface area contributed by atoms with Crippen molar-refractivity contribution in [2.45, 2.75) is 57.7 Å². The number of carbonyl (C=O) groups is 2. The highest BCUT2D eigenvalue weighted by Crippen LogP contribution is 2.37. The lowest BCUT2D eigenvalue weighted by Gasteiger charge is -2.39. The summed E-state index contributed by atoms with van der Waals surface area (Å²) < 4.78 is 24.4. The SMILES string of the molecule is CC(C)(C)[Si](C)(C)O[C@H](CF)[C@H](NC(=O)OCc1ccccc1)C(=O)O. The van der Waals surface area contributed by atoms with E-state index in [4.69, 9.17) is 9.16 Å². The van der Waals surface area contributed by atoms with Gasteiger partial charge in [0, 0.05) is 0 Å². The third-order valence-corrected chi connectivity index (χ3v) is 9.03. The molecule has 0 aromatic heterocycles. The van der Waals surface area contributed by atoms with Crippen LogP contribution in [-0.4, -0.2) is 44.3 Å². The van der Waals surface area contributed by atoms with Crippen molar-refractivity contribution in [3.63, 3.8) is 0 Å². The molecule has 1 aromatic rings. The molecular formula is C18H28FNO5Si. The quantitative estimate of drug-likeness (QED) is 0.666. The summed E-state index contributed by atoms with van der Waals surface area (Å²) in [5.74, 6) is -1.37. The van der Waals surface area contributed by atoms with E-state index in [1.165, 1.54) is 0 Å². The molecule has 26 heavy (non-hydrogen) atoms. The lowest BCUT2D eigenvalue weighted by Crippen LogP contribution is -2.55. The van der Waals surface area contributed by atoms with Gasteiger partial charge in [-0.05, 0) is 23.7 Å². The van der Waals surface area contributed by atoms with Gasteiger partial charge in [-0.15, -0.1) is 0 Å². The number of alkyl halides is 1. The van der Waals surface area contributed by atoms with Crippen molar-refractivity contribution < 1.29 is 28.2 Å². The first-order valence-electron chi connectivity index (χ1n) is 8.41. The number of amides is 1. The van der Waals surface area contributed by atoms with E-state index in [0.29, 0.717) is 0 Å². The molecule has 8 heteroatoms. The van der Waals surface area contributed by atoms with Crippen LogP contribution in [0.4, 0.5) is 9.18 Å². The Morgan fingerprint density at radius 2 is 1.81 bits per heavy atom. The number of nitrogens with one attached hydrogen (secondary N) is 1. The number of alkyl carbamates (subject to hydrolysis) is 1. The Bertz CT molecular complexity index is 603. The van der Waals surface area contributed by atoms with E-state index in [1.54, 1.807) is 24.3 Å². The first-order valence-corrected chi connectivity index (χ1v) is 11.3. The van der Waals surface area contributed by atoms with Gasteiger partial charge < -0.3 is 19.6 Å². The average molecular weight is 386 g/mol. The number of rotatable bonds is 8. The second-order valence-electron chi connectivity index (χ2n) is 7.59. The smallest absolute Gasteiger partial charge is 0.408 e. The van der Waals surface area contributed by atoms with Crippen LogP contribution in [0.5, 0.6) is 0 Å². The number of carbonyl (C=O) groups excluding carboxylic acids is 1. The maximum absolute atomic E-state index is 13.5. The number of ether oxygens (including phenoxy) is 1. The van der Waals surface area contributed by atoms with Crippen molar-refractivity contribution >= 4 is 20.4 Å². The van der Waals surface area contributed by atoms with Crippen LogP contribution >= 0.6 is 0 Å². The van der Waals surface area contributed by atoms with E-state index < -0.39 is 39.2 Å². The highest BCUT2D eigenvalue weighted by Gasteiger charge is 2.42. The largest absolute Gasteiger partial charge is 0.480 e. The summed E-state index contributed by atoms with van der Waals surface area (Å²) in [5.41, 5.74) is 0.758. The Balaban J connectivity index is 2.76. The van der Waals surface area contributed by atoms with E-state index in [2.05, 4.69) is 5.32 Å².